The Morgan fingerprint density at radius 2 is 2.06 bits per heavy atom. The largest absolute Gasteiger partial charge is 0.478 e. The third-order valence-electron chi connectivity index (χ3n) is 2.39. The van der Waals surface area contributed by atoms with E-state index in [2.05, 4.69) is 4.98 Å². The van der Waals surface area contributed by atoms with Gasteiger partial charge in [0.25, 0.3) is 0 Å². The minimum absolute atomic E-state index is 0.0107. The molecule has 0 aliphatic rings. The van der Waals surface area contributed by atoms with Crippen LogP contribution in [-0.4, -0.2) is 16.1 Å². The lowest BCUT2D eigenvalue weighted by atomic mass is 10.1. The van der Waals surface area contributed by atoms with Gasteiger partial charge in [-0.15, -0.1) is 0 Å². The van der Waals surface area contributed by atoms with Gasteiger partial charge in [0, 0.05) is 5.56 Å². The second kappa shape index (κ2) is 4.55. The summed E-state index contributed by atoms with van der Waals surface area (Å²) in [5.41, 5.74) is 2.72. The van der Waals surface area contributed by atoms with Crippen molar-refractivity contribution in [1.82, 2.24) is 4.98 Å². The molecule has 0 saturated carbocycles. The van der Waals surface area contributed by atoms with Crippen LogP contribution in [0.4, 0.5) is 0 Å². The maximum absolute atomic E-state index is 10.8. The molecule has 0 aliphatic carbocycles. The van der Waals surface area contributed by atoms with Gasteiger partial charge in [-0.2, -0.15) is 0 Å². The van der Waals surface area contributed by atoms with Crippen molar-refractivity contribution in [2.45, 2.75) is 6.92 Å². The van der Waals surface area contributed by atoms with Crippen LogP contribution in [0, 0.1) is 6.92 Å². The van der Waals surface area contributed by atoms with E-state index < -0.39 is 5.97 Å². The fourth-order valence-corrected chi connectivity index (χ4v) is 1.79. The second-order valence-electron chi connectivity index (χ2n) is 3.71. The van der Waals surface area contributed by atoms with Crippen LogP contribution in [0.25, 0.3) is 11.3 Å². The monoisotopic (exact) mass is 247 g/mol. The number of hydrogen-bond donors (Lipinski definition) is 1. The molecule has 17 heavy (non-hydrogen) atoms. The molecule has 3 nitrogen and oxygen atoms in total. The first kappa shape index (κ1) is 11.6. The number of rotatable bonds is 2. The Morgan fingerprint density at radius 3 is 2.65 bits per heavy atom. The van der Waals surface area contributed by atoms with E-state index in [1.807, 2.05) is 31.2 Å². The maximum atomic E-state index is 10.8. The van der Waals surface area contributed by atoms with Crippen LogP contribution in [-0.2, 0) is 0 Å². The lowest BCUT2D eigenvalue weighted by Crippen LogP contribution is -1.99. The van der Waals surface area contributed by atoms with Crippen molar-refractivity contribution in [2.24, 2.45) is 0 Å². The van der Waals surface area contributed by atoms with Gasteiger partial charge in [0.05, 0.1) is 11.3 Å². The molecule has 0 spiro atoms. The van der Waals surface area contributed by atoms with E-state index in [-0.39, 0.29) is 10.7 Å². The van der Waals surface area contributed by atoms with E-state index in [4.69, 9.17) is 16.7 Å². The zero-order chi connectivity index (χ0) is 12.4. The molecule has 4 heteroatoms. The number of carboxylic acids is 1. The van der Waals surface area contributed by atoms with Gasteiger partial charge in [0.15, 0.2) is 0 Å². The number of carboxylic acid groups (broad SMARTS) is 1. The highest BCUT2D eigenvalue weighted by atomic mass is 35.5. The van der Waals surface area contributed by atoms with E-state index >= 15 is 0 Å². The molecule has 0 radical (unpaired) electrons. The summed E-state index contributed by atoms with van der Waals surface area (Å²) in [4.78, 5) is 14.9. The fourth-order valence-electron chi connectivity index (χ4n) is 1.56. The average molecular weight is 248 g/mol. The molecule has 2 rings (SSSR count). The van der Waals surface area contributed by atoms with Gasteiger partial charge in [-0.1, -0.05) is 35.4 Å². The normalized spacial score (nSPS) is 10.2. The Labute approximate surface area is 104 Å². The Balaban J connectivity index is 2.48. The first-order chi connectivity index (χ1) is 8.08. The van der Waals surface area contributed by atoms with Crippen LogP contribution < -0.4 is 0 Å². The molecule has 1 aromatic carbocycles. The van der Waals surface area contributed by atoms with Crippen molar-refractivity contribution in [3.05, 3.63) is 52.7 Å². The Kier molecular flexibility index (Phi) is 3.11. The zero-order valence-corrected chi connectivity index (χ0v) is 9.90. The second-order valence-corrected chi connectivity index (χ2v) is 4.07. The van der Waals surface area contributed by atoms with Gasteiger partial charge >= 0.3 is 5.97 Å². The lowest BCUT2D eigenvalue weighted by Gasteiger charge is -2.04. The van der Waals surface area contributed by atoms with Crippen LogP contribution in [0.3, 0.4) is 0 Å². The molecule has 0 aliphatic heterocycles. The molecule has 1 heterocycles. The fraction of sp³-hybridized carbons (Fsp3) is 0.0769. The van der Waals surface area contributed by atoms with Gasteiger partial charge in [-0.25, -0.2) is 9.78 Å². The van der Waals surface area contributed by atoms with Crippen molar-refractivity contribution < 1.29 is 9.90 Å². The molecule has 1 N–H and O–H groups in total. The number of aromatic nitrogens is 1. The summed E-state index contributed by atoms with van der Waals surface area (Å²) in [7, 11) is 0. The molecule has 0 unspecified atom stereocenters. The van der Waals surface area contributed by atoms with E-state index in [1.165, 1.54) is 6.07 Å². The quantitative estimate of drug-likeness (QED) is 0.828. The molecule has 0 saturated heterocycles. The third-order valence-corrected chi connectivity index (χ3v) is 2.68. The number of carbonyl (C=O) groups is 1. The average Bonchev–Trinajstić information content (AvgIpc) is 2.28. The van der Waals surface area contributed by atoms with Gasteiger partial charge < -0.3 is 5.11 Å². The summed E-state index contributed by atoms with van der Waals surface area (Å²) < 4.78 is 0. The highest BCUT2D eigenvalue weighted by molar-refractivity contribution is 6.32. The number of pyridine rings is 1. The Morgan fingerprint density at radius 1 is 1.29 bits per heavy atom. The predicted octanol–water partition coefficient (Wildman–Crippen LogP) is 3.41. The predicted molar refractivity (Wildman–Crippen MR) is 66.4 cm³/mol. The summed E-state index contributed by atoms with van der Waals surface area (Å²) in [5, 5.41) is 8.86. The van der Waals surface area contributed by atoms with Crippen LogP contribution >= 0.6 is 11.6 Å². The molecular formula is C13H10ClNO2. The smallest absolute Gasteiger partial charge is 0.338 e. The van der Waals surface area contributed by atoms with Crippen molar-refractivity contribution in [2.75, 3.05) is 0 Å². The summed E-state index contributed by atoms with van der Waals surface area (Å²) in [6.45, 7) is 1.98. The molecule has 2 aromatic rings. The van der Waals surface area contributed by atoms with Crippen LogP contribution in [0.1, 0.15) is 15.9 Å². The number of nitrogens with zero attached hydrogens (tertiary/aromatic N) is 1. The van der Waals surface area contributed by atoms with Gasteiger partial charge in [0.2, 0.25) is 0 Å². The van der Waals surface area contributed by atoms with Crippen molar-refractivity contribution in [3.63, 3.8) is 0 Å². The molecule has 0 fully saturated rings. The summed E-state index contributed by atoms with van der Waals surface area (Å²) >= 11 is 5.82. The third kappa shape index (κ3) is 2.45. The van der Waals surface area contributed by atoms with Crippen LogP contribution in [0.2, 0.25) is 5.15 Å². The topological polar surface area (TPSA) is 50.2 Å². The lowest BCUT2D eigenvalue weighted by molar-refractivity contribution is 0.0696. The summed E-state index contributed by atoms with van der Waals surface area (Å²) in [6, 6.07) is 10.9. The summed E-state index contributed by atoms with van der Waals surface area (Å²) in [5.74, 6) is -1.07. The van der Waals surface area contributed by atoms with E-state index in [9.17, 15) is 4.79 Å². The van der Waals surface area contributed by atoms with Gasteiger partial charge in [0.1, 0.15) is 5.15 Å². The van der Waals surface area contributed by atoms with Crippen LogP contribution in [0.15, 0.2) is 36.4 Å². The SMILES string of the molecule is Cc1cccc(-c2ccc(C(=O)O)c(Cl)n2)c1. The number of halogens is 1. The number of benzene rings is 1. The van der Waals surface area contributed by atoms with Crippen molar-refractivity contribution in [1.29, 1.82) is 0 Å². The first-order valence-corrected chi connectivity index (χ1v) is 5.42. The van der Waals surface area contributed by atoms with Crippen molar-refractivity contribution >= 4 is 17.6 Å². The highest BCUT2D eigenvalue weighted by Crippen LogP contribution is 2.22. The molecule has 86 valence electrons. The van der Waals surface area contributed by atoms with E-state index in [0.717, 1.165) is 11.1 Å². The minimum Gasteiger partial charge on any atom is -0.478 e. The van der Waals surface area contributed by atoms with Gasteiger partial charge in [-0.3, -0.25) is 0 Å². The molecule has 0 bridgehead atoms. The maximum Gasteiger partial charge on any atom is 0.338 e. The Hall–Kier alpha value is -1.87. The van der Waals surface area contributed by atoms with E-state index in [1.54, 1.807) is 6.07 Å². The molecule has 0 atom stereocenters. The molecular weight excluding hydrogens is 238 g/mol. The Bertz CT molecular complexity index is 581. The van der Waals surface area contributed by atoms with Gasteiger partial charge in [-0.05, 0) is 25.1 Å². The van der Waals surface area contributed by atoms with Crippen LogP contribution in [0.5, 0.6) is 0 Å². The van der Waals surface area contributed by atoms with E-state index in [0.29, 0.717) is 5.69 Å². The summed E-state index contributed by atoms with van der Waals surface area (Å²) in [6.07, 6.45) is 0. The zero-order valence-electron chi connectivity index (χ0n) is 9.14. The first-order valence-electron chi connectivity index (χ1n) is 5.05. The highest BCUT2D eigenvalue weighted by Gasteiger charge is 2.11. The standard InChI is InChI=1S/C13H10ClNO2/c1-8-3-2-4-9(7-8)11-6-5-10(13(16)17)12(14)15-11/h2-7H,1H3,(H,16,17). The number of hydrogen-bond acceptors (Lipinski definition) is 2. The molecule has 0 amide bonds. The number of aryl methyl sites for hydroxylation is 1. The van der Waals surface area contributed by atoms with Crippen molar-refractivity contribution in [3.8, 4) is 11.3 Å². The minimum atomic E-state index is -1.07. The number of aromatic carboxylic acids is 1. The molecule has 1 aromatic heterocycles.